The van der Waals surface area contributed by atoms with Gasteiger partial charge in [0.2, 0.25) is 41.4 Å². The van der Waals surface area contributed by atoms with Crippen molar-refractivity contribution in [2.24, 2.45) is 29.4 Å². The van der Waals surface area contributed by atoms with Gasteiger partial charge in [0.05, 0.1) is 12.5 Å². The molecule has 1 aliphatic heterocycles. The number of benzene rings is 1. The van der Waals surface area contributed by atoms with Crippen molar-refractivity contribution < 1.29 is 63.3 Å². The minimum absolute atomic E-state index is 0.0186. The Morgan fingerprint density at radius 2 is 1.15 bits per heavy atom. The predicted molar refractivity (Wildman–Crippen MR) is 240 cm³/mol. The highest BCUT2D eigenvalue weighted by Gasteiger charge is 2.41. The zero-order chi connectivity index (χ0) is 50.0. The van der Waals surface area contributed by atoms with Crippen LogP contribution < -0.4 is 37.6 Å². The number of carbonyl (C=O) groups is 10. The van der Waals surface area contributed by atoms with Gasteiger partial charge in [-0.15, -0.1) is 0 Å². The van der Waals surface area contributed by atoms with Crippen LogP contribution in [0.15, 0.2) is 30.3 Å². The Bertz CT molecular complexity index is 1880. The van der Waals surface area contributed by atoms with E-state index in [4.69, 9.17) is 10.8 Å². The number of hydrogen-bond donors (Lipinski definition) is 10. The first kappa shape index (κ1) is 56.0. The molecular weight excluding hydrogens is 861 g/mol. The number of likely N-dealkylation sites (tertiary alicyclic amines) is 1. The van der Waals surface area contributed by atoms with Gasteiger partial charge in [-0.2, -0.15) is 0 Å². The zero-order valence-corrected chi connectivity index (χ0v) is 39.1. The average Bonchev–Trinajstić information content (AvgIpc) is 3.74. The number of aliphatic carboxylic acids is 3. The molecule has 0 spiro atoms. The van der Waals surface area contributed by atoms with Gasteiger partial charge in [0.1, 0.15) is 42.3 Å². The number of nitrogens with one attached hydrogen (secondary N) is 6. The van der Waals surface area contributed by atoms with Crippen LogP contribution in [0.4, 0.5) is 0 Å². The van der Waals surface area contributed by atoms with Crippen LogP contribution in [-0.2, 0) is 54.4 Å². The van der Waals surface area contributed by atoms with E-state index in [2.05, 4.69) is 31.9 Å². The number of rotatable bonds is 27. The van der Waals surface area contributed by atoms with E-state index in [1.54, 1.807) is 85.7 Å². The van der Waals surface area contributed by atoms with Crippen molar-refractivity contribution in [3.05, 3.63) is 35.9 Å². The largest absolute Gasteiger partial charge is 0.481 e. The highest BCUT2D eigenvalue weighted by molar-refractivity contribution is 5.98. The SMILES string of the molecule is CC[C@H](C)[C@H](NC(=O)[C@@H](NC(=O)[C@H](CCC(=O)O)NC(=O)[C@H](CC(C)C)NC(=O)[C@H](Cc1ccccc1)NC(=O)[C@@H](NC(=O)[C@@H](N)CC(=O)O)C(C)C)C(C)C)C(=O)N1CCC[C@H]1C(=O)O. The van der Waals surface area contributed by atoms with E-state index in [1.165, 1.54) is 4.90 Å². The van der Waals surface area contributed by atoms with Crippen LogP contribution in [0.25, 0.3) is 0 Å². The summed E-state index contributed by atoms with van der Waals surface area (Å²) >= 11 is 0. The Hall–Kier alpha value is -6.12. The molecule has 0 unspecified atom stereocenters. The molecule has 1 aromatic carbocycles. The third-order valence-electron chi connectivity index (χ3n) is 11.4. The average molecular weight is 931 g/mol. The Morgan fingerprint density at radius 3 is 1.67 bits per heavy atom. The zero-order valence-electron chi connectivity index (χ0n) is 39.1. The molecule has 2 rings (SSSR count). The lowest BCUT2D eigenvalue weighted by Gasteiger charge is -2.32. The van der Waals surface area contributed by atoms with E-state index in [9.17, 15) is 58.2 Å². The summed E-state index contributed by atoms with van der Waals surface area (Å²) in [6.07, 6.45) is -0.577. The summed E-state index contributed by atoms with van der Waals surface area (Å²) in [5, 5.41) is 44.0. The van der Waals surface area contributed by atoms with Crippen molar-refractivity contribution in [3.8, 4) is 0 Å². The molecule has 0 aromatic heterocycles. The molecule has 368 valence electrons. The molecule has 1 saturated heterocycles. The minimum atomic E-state index is -1.54. The summed E-state index contributed by atoms with van der Waals surface area (Å²) in [5.74, 6) is -11.2. The van der Waals surface area contributed by atoms with Crippen LogP contribution in [0, 0.1) is 23.7 Å². The van der Waals surface area contributed by atoms with E-state index in [-0.39, 0.29) is 31.7 Å². The first-order chi connectivity index (χ1) is 30.9. The molecule has 7 amide bonds. The van der Waals surface area contributed by atoms with Crippen molar-refractivity contribution in [2.45, 2.75) is 155 Å². The highest BCUT2D eigenvalue weighted by Crippen LogP contribution is 2.22. The van der Waals surface area contributed by atoms with Gasteiger partial charge in [0, 0.05) is 19.4 Å². The molecule has 1 aliphatic rings. The van der Waals surface area contributed by atoms with E-state index >= 15 is 0 Å². The molecule has 1 heterocycles. The van der Waals surface area contributed by atoms with Crippen LogP contribution in [-0.4, -0.2) is 134 Å². The molecule has 0 aliphatic carbocycles. The molecule has 1 fully saturated rings. The minimum Gasteiger partial charge on any atom is -0.481 e. The van der Waals surface area contributed by atoms with Crippen molar-refractivity contribution in [2.75, 3.05) is 6.54 Å². The van der Waals surface area contributed by atoms with Gasteiger partial charge in [-0.05, 0) is 54.9 Å². The fraction of sp³-hybridized carbons (Fsp3) is 0.644. The number of carboxylic acid groups (broad SMARTS) is 3. The third kappa shape index (κ3) is 17.7. The first-order valence-corrected chi connectivity index (χ1v) is 22.5. The number of hydrogen-bond acceptors (Lipinski definition) is 11. The van der Waals surface area contributed by atoms with Gasteiger partial charge in [-0.25, -0.2) is 4.79 Å². The third-order valence-corrected chi connectivity index (χ3v) is 11.4. The fourth-order valence-electron chi connectivity index (χ4n) is 7.36. The Labute approximate surface area is 385 Å². The number of nitrogens with zero attached hydrogens (tertiary/aromatic N) is 1. The summed E-state index contributed by atoms with van der Waals surface area (Å²) in [7, 11) is 0. The van der Waals surface area contributed by atoms with E-state index in [0.29, 0.717) is 18.4 Å². The molecule has 21 heteroatoms. The second-order valence-corrected chi connectivity index (χ2v) is 18.0. The van der Waals surface area contributed by atoms with Gasteiger partial charge in [-0.1, -0.05) is 92.1 Å². The van der Waals surface area contributed by atoms with Crippen LogP contribution in [0.5, 0.6) is 0 Å². The van der Waals surface area contributed by atoms with Crippen LogP contribution in [0.3, 0.4) is 0 Å². The number of carbonyl (C=O) groups excluding carboxylic acids is 7. The quantitative estimate of drug-likeness (QED) is 0.0567. The van der Waals surface area contributed by atoms with Gasteiger partial charge >= 0.3 is 17.9 Å². The monoisotopic (exact) mass is 931 g/mol. The van der Waals surface area contributed by atoms with E-state index < -0.39 is 145 Å². The van der Waals surface area contributed by atoms with Gasteiger partial charge in [0.15, 0.2) is 0 Å². The highest BCUT2D eigenvalue weighted by atomic mass is 16.4. The standard InChI is InChI=1S/C45H70N8O13/c1-9-26(8)37(44(64)53-19-13-16-32(53)45(65)66)52-43(63)36(25(6)7)51-39(59)29(17-18-33(54)55)47-40(60)30(20-23(2)3)48-41(61)31(21-27-14-11-10-12-15-27)49-42(62)35(24(4)5)50-38(58)28(46)22-34(56)57/h10-12,14-15,23-26,28-32,35-37H,9,13,16-22,46H2,1-8H3,(H,47,60)(H,48,61)(H,49,62)(H,50,58)(H,51,59)(H,52,63)(H,54,55)(H,56,57)(H,65,66)/t26-,28-,29-,30-,31-,32-,35-,36-,37-/m0/s1. The summed E-state index contributed by atoms with van der Waals surface area (Å²) in [6, 6.07) is -1.81. The van der Waals surface area contributed by atoms with Gasteiger partial charge in [-0.3, -0.25) is 43.2 Å². The number of amides is 7. The van der Waals surface area contributed by atoms with E-state index in [1.807, 2.05) is 0 Å². The second kappa shape index (κ2) is 26.7. The topological polar surface area (TPSA) is 333 Å². The van der Waals surface area contributed by atoms with Gasteiger partial charge in [0.25, 0.3) is 0 Å². The molecule has 0 saturated carbocycles. The lowest BCUT2D eigenvalue weighted by molar-refractivity contribution is -0.150. The molecule has 11 N–H and O–H groups in total. The molecule has 0 radical (unpaired) electrons. The van der Waals surface area contributed by atoms with Crippen LogP contribution in [0.2, 0.25) is 0 Å². The molecule has 21 nitrogen and oxygen atoms in total. The summed E-state index contributed by atoms with van der Waals surface area (Å²) < 4.78 is 0. The molecule has 1 aromatic rings. The van der Waals surface area contributed by atoms with Crippen molar-refractivity contribution in [1.82, 2.24) is 36.8 Å². The molecule has 0 bridgehead atoms. The van der Waals surface area contributed by atoms with Crippen molar-refractivity contribution >= 4 is 59.3 Å². The number of nitrogens with two attached hydrogens (primary N) is 1. The second-order valence-electron chi connectivity index (χ2n) is 18.0. The van der Waals surface area contributed by atoms with Crippen molar-refractivity contribution in [1.29, 1.82) is 0 Å². The number of carboxylic acids is 3. The van der Waals surface area contributed by atoms with Crippen molar-refractivity contribution in [3.63, 3.8) is 0 Å². The maximum absolute atomic E-state index is 14.2. The maximum Gasteiger partial charge on any atom is 0.326 e. The maximum atomic E-state index is 14.2. The first-order valence-electron chi connectivity index (χ1n) is 22.5. The van der Waals surface area contributed by atoms with E-state index in [0.717, 1.165) is 0 Å². The summed E-state index contributed by atoms with van der Waals surface area (Å²) in [4.78, 5) is 132. The normalized spacial score (nSPS) is 17.3. The summed E-state index contributed by atoms with van der Waals surface area (Å²) in [5.41, 5.74) is 6.34. The van der Waals surface area contributed by atoms with Crippen LogP contribution in [0.1, 0.15) is 106 Å². The Balaban J connectivity index is 2.41. The lowest BCUT2D eigenvalue weighted by Crippen LogP contribution is -2.61. The summed E-state index contributed by atoms with van der Waals surface area (Å²) in [6.45, 7) is 13.7. The molecule has 66 heavy (non-hydrogen) atoms. The Morgan fingerprint density at radius 1 is 0.652 bits per heavy atom. The smallest absolute Gasteiger partial charge is 0.326 e. The van der Waals surface area contributed by atoms with Gasteiger partial charge < -0.3 is 57.9 Å². The molecule has 9 atom stereocenters. The lowest BCUT2D eigenvalue weighted by atomic mass is 9.95. The Kier molecular flexibility index (Phi) is 22.7. The molecular formula is C45H70N8O13. The van der Waals surface area contributed by atoms with Crippen LogP contribution >= 0.6 is 0 Å². The predicted octanol–water partition coefficient (Wildman–Crippen LogP) is 0.285. The fourth-order valence-corrected chi connectivity index (χ4v) is 7.36.